The Morgan fingerprint density at radius 2 is 1.86 bits per heavy atom. The molecule has 0 spiro atoms. The first kappa shape index (κ1) is 22.1. The molecule has 160 valence electrons. The van der Waals surface area contributed by atoms with Gasteiger partial charge >= 0.3 is 0 Å². The van der Waals surface area contributed by atoms with Crippen LogP contribution in [0.2, 0.25) is 5.02 Å². The smallest absolute Gasteiger partial charge is 0.227 e. The van der Waals surface area contributed by atoms with Crippen molar-refractivity contribution in [3.63, 3.8) is 0 Å². The van der Waals surface area contributed by atoms with E-state index in [2.05, 4.69) is 5.32 Å². The van der Waals surface area contributed by atoms with Crippen LogP contribution in [0.1, 0.15) is 31.2 Å². The zero-order chi connectivity index (χ0) is 21.0. The van der Waals surface area contributed by atoms with Gasteiger partial charge in [-0.1, -0.05) is 30.2 Å². The van der Waals surface area contributed by atoms with E-state index in [0.717, 1.165) is 12.0 Å². The molecule has 1 aliphatic heterocycles. The molecule has 2 fully saturated rings. The highest BCUT2D eigenvalue weighted by molar-refractivity contribution is 7.88. The Kier molecular flexibility index (Phi) is 7.19. The van der Waals surface area contributed by atoms with Gasteiger partial charge in [-0.15, -0.1) is 0 Å². The van der Waals surface area contributed by atoms with Crippen LogP contribution in [-0.4, -0.2) is 67.9 Å². The van der Waals surface area contributed by atoms with Gasteiger partial charge in [-0.25, -0.2) is 8.42 Å². The molecule has 0 aromatic heterocycles. The molecule has 2 atom stereocenters. The first-order valence-corrected chi connectivity index (χ1v) is 12.2. The molecular weight excluding hydrogens is 414 g/mol. The van der Waals surface area contributed by atoms with E-state index in [0.29, 0.717) is 50.5 Å². The highest BCUT2D eigenvalue weighted by atomic mass is 35.5. The number of halogens is 1. The molecule has 1 saturated heterocycles. The van der Waals surface area contributed by atoms with E-state index < -0.39 is 10.0 Å². The minimum absolute atomic E-state index is 0.0491. The van der Waals surface area contributed by atoms with Gasteiger partial charge in [0.25, 0.3) is 0 Å². The highest BCUT2D eigenvalue weighted by Gasteiger charge is 2.40. The minimum atomic E-state index is -3.44. The molecule has 2 aliphatic rings. The maximum Gasteiger partial charge on any atom is 0.227 e. The first-order valence-electron chi connectivity index (χ1n) is 10.0. The van der Waals surface area contributed by atoms with E-state index in [1.807, 2.05) is 12.1 Å². The summed E-state index contributed by atoms with van der Waals surface area (Å²) in [6, 6.07) is 6.85. The third kappa shape index (κ3) is 5.71. The molecule has 1 aliphatic carbocycles. The van der Waals surface area contributed by atoms with Crippen molar-refractivity contribution in [2.45, 2.75) is 38.1 Å². The average Bonchev–Trinajstić information content (AvgIpc) is 3.12. The fourth-order valence-corrected chi connectivity index (χ4v) is 5.61. The SMILES string of the molecule is CS(=O)(=O)N1CCCN(C(=O)Cc2ccc(Cl)cc2)CCNC(=O)[C@@H]2CCC[C@@H]21. The van der Waals surface area contributed by atoms with Gasteiger partial charge in [0.2, 0.25) is 21.8 Å². The van der Waals surface area contributed by atoms with Gasteiger partial charge in [-0.05, 0) is 37.0 Å². The lowest BCUT2D eigenvalue weighted by molar-refractivity contribution is -0.131. The number of nitrogens with zero attached hydrogens (tertiary/aromatic N) is 2. The normalized spacial score (nSPS) is 24.5. The Hall–Kier alpha value is -1.64. The fourth-order valence-electron chi connectivity index (χ4n) is 4.28. The third-order valence-corrected chi connectivity index (χ3v) is 7.28. The first-order chi connectivity index (χ1) is 13.8. The van der Waals surface area contributed by atoms with Crippen molar-refractivity contribution in [1.82, 2.24) is 14.5 Å². The molecule has 7 nitrogen and oxygen atoms in total. The van der Waals surface area contributed by atoms with Crippen LogP contribution in [-0.2, 0) is 26.0 Å². The zero-order valence-electron chi connectivity index (χ0n) is 16.6. The van der Waals surface area contributed by atoms with E-state index in [4.69, 9.17) is 11.6 Å². The third-order valence-electron chi connectivity index (χ3n) is 5.72. The largest absolute Gasteiger partial charge is 0.354 e. The Bertz CT molecular complexity index is 844. The van der Waals surface area contributed by atoms with E-state index in [-0.39, 0.29) is 30.2 Å². The van der Waals surface area contributed by atoms with E-state index in [1.54, 1.807) is 17.0 Å². The summed E-state index contributed by atoms with van der Waals surface area (Å²) in [7, 11) is -3.44. The molecule has 0 unspecified atom stereocenters. The number of carbonyl (C=O) groups excluding carboxylic acids is 2. The van der Waals surface area contributed by atoms with Crippen molar-refractivity contribution in [1.29, 1.82) is 0 Å². The topological polar surface area (TPSA) is 86.8 Å². The summed E-state index contributed by atoms with van der Waals surface area (Å²) in [5.74, 6) is -0.485. The predicted octanol–water partition coefficient (Wildman–Crippen LogP) is 1.66. The fraction of sp³-hybridized carbons (Fsp3) is 0.600. The molecule has 9 heteroatoms. The van der Waals surface area contributed by atoms with Crippen LogP contribution >= 0.6 is 11.6 Å². The van der Waals surface area contributed by atoms with Crippen molar-refractivity contribution < 1.29 is 18.0 Å². The Balaban J connectivity index is 1.72. The molecule has 2 amide bonds. The van der Waals surface area contributed by atoms with Gasteiger partial charge < -0.3 is 10.2 Å². The monoisotopic (exact) mass is 441 g/mol. The Morgan fingerprint density at radius 3 is 2.55 bits per heavy atom. The number of benzene rings is 1. The lowest BCUT2D eigenvalue weighted by Gasteiger charge is -2.30. The van der Waals surface area contributed by atoms with Gasteiger partial charge in [0, 0.05) is 37.2 Å². The average molecular weight is 442 g/mol. The number of carbonyl (C=O) groups is 2. The number of hydrogen-bond acceptors (Lipinski definition) is 4. The van der Waals surface area contributed by atoms with Crippen LogP contribution in [0.4, 0.5) is 0 Å². The van der Waals surface area contributed by atoms with Crippen LogP contribution in [0.5, 0.6) is 0 Å². The Labute approximate surface area is 177 Å². The molecule has 1 aromatic rings. The van der Waals surface area contributed by atoms with Crippen molar-refractivity contribution in [3.05, 3.63) is 34.9 Å². The predicted molar refractivity (Wildman–Crippen MR) is 112 cm³/mol. The number of hydrogen-bond donors (Lipinski definition) is 1. The molecule has 1 aromatic carbocycles. The molecule has 3 rings (SSSR count). The van der Waals surface area contributed by atoms with Gasteiger partial charge in [0.1, 0.15) is 0 Å². The summed E-state index contributed by atoms with van der Waals surface area (Å²) in [4.78, 5) is 27.2. The van der Waals surface area contributed by atoms with E-state index in [9.17, 15) is 18.0 Å². The van der Waals surface area contributed by atoms with Crippen molar-refractivity contribution >= 4 is 33.4 Å². The van der Waals surface area contributed by atoms with Crippen molar-refractivity contribution in [2.75, 3.05) is 32.4 Å². The zero-order valence-corrected chi connectivity index (χ0v) is 18.2. The summed E-state index contributed by atoms with van der Waals surface area (Å²) < 4.78 is 26.2. The minimum Gasteiger partial charge on any atom is -0.354 e. The van der Waals surface area contributed by atoms with Crippen molar-refractivity contribution in [2.24, 2.45) is 5.92 Å². The maximum absolute atomic E-state index is 12.8. The molecule has 1 saturated carbocycles. The van der Waals surface area contributed by atoms with Crippen LogP contribution in [0, 0.1) is 5.92 Å². The number of rotatable bonds is 3. The van der Waals surface area contributed by atoms with Crippen molar-refractivity contribution in [3.8, 4) is 0 Å². The van der Waals surface area contributed by atoms with E-state index >= 15 is 0 Å². The lowest BCUT2D eigenvalue weighted by Crippen LogP contribution is -2.47. The molecule has 0 radical (unpaired) electrons. The number of fused-ring (bicyclic) bond motifs is 1. The number of nitrogens with one attached hydrogen (secondary N) is 1. The number of sulfonamides is 1. The van der Waals surface area contributed by atoms with Crippen LogP contribution in [0.25, 0.3) is 0 Å². The van der Waals surface area contributed by atoms with Gasteiger partial charge in [-0.3, -0.25) is 9.59 Å². The molecule has 1 N–H and O–H groups in total. The summed E-state index contributed by atoms with van der Waals surface area (Å²) in [5, 5.41) is 3.52. The van der Waals surface area contributed by atoms with Gasteiger partial charge in [-0.2, -0.15) is 4.31 Å². The second-order valence-electron chi connectivity index (χ2n) is 7.81. The highest BCUT2D eigenvalue weighted by Crippen LogP contribution is 2.32. The van der Waals surface area contributed by atoms with Gasteiger partial charge in [0.15, 0.2) is 0 Å². The summed E-state index contributed by atoms with van der Waals surface area (Å²) in [5.41, 5.74) is 0.866. The summed E-state index contributed by atoms with van der Waals surface area (Å²) >= 11 is 5.90. The number of amides is 2. The second-order valence-corrected chi connectivity index (χ2v) is 10.2. The molecular formula is C20H28ClN3O4S. The summed E-state index contributed by atoms with van der Waals surface area (Å²) in [6.07, 6.45) is 4.22. The quantitative estimate of drug-likeness (QED) is 0.772. The van der Waals surface area contributed by atoms with Crippen LogP contribution in [0.3, 0.4) is 0 Å². The van der Waals surface area contributed by atoms with Crippen LogP contribution in [0.15, 0.2) is 24.3 Å². The second kappa shape index (κ2) is 9.45. The summed E-state index contributed by atoms with van der Waals surface area (Å²) in [6.45, 7) is 1.55. The Morgan fingerprint density at radius 1 is 1.14 bits per heavy atom. The van der Waals surface area contributed by atoms with Gasteiger partial charge in [0.05, 0.1) is 18.6 Å². The molecule has 0 bridgehead atoms. The molecule has 29 heavy (non-hydrogen) atoms. The maximum atomic E-state index is 12.8. The van der Waals surface area contributed by atoms with Crippen LogP contribution < -0.4 is 5.32 Å². The lowest BCUT2D eigenvalue weighted by atomic mass is 10.0. The van der Waals surface area contributed by atoms with E-state index in [1.165, 1.54) is 10.6 Å². The molecule has 1 heterocycles. The standard InChI is InChI=1S/C20H28ClN3O4S/c1-29(27,28)24-12-3-11-23(19(25)14-15-6-8-16(21)9-7-15)13-10-22-20(26)17-4-2-5-18(17)24/h6-9,17-18H,2-5,10-14H2,1H3,(H,22,26)/t17-,18+/m1/s1.